The van der Waals surface area contributed by atoms with Gasteiger partial charge in [-0.05, 0) is 69.5 Å². The lowest BCUT2D eigenvalue weighted by Crippen LogP contribution is -2.43. The molecule has 0 bridgehead atoms. The van der Waals surface area contributed by atoms with Crippen LogP contribution >= 0.6 is 11.6 Å². The van der Waals surface area contributed by atoms with Gasteiger partial charge >= 0.3 is 0 Å². The molecule has 1 fully saturated rings. The Morgan fingerprint density at radius 1 is 1.06 bits per heavy atom. The Labute approximate surface area is 194 Å². The first-order valence-corrected chi connectivity index (χ1v) is 11.4. The van der Waals surface area contributed by atoms with E-state index in [1.807, 2.05) is 45.0 Å². The Bertz CT molecular complexity index is 937. The zero-order valence-electron chi connectivity index (χ0n) is 19.1. The van der Waals surface area contributed by atoms with Crippen LogP contribution in [-0.2, 0) is 4.79 Å². The fourth-order valence-corrected chi connectivity index (χ4v) is 4.06. The van der Waals surface area contributed by atoms with E-state index < -0.39 is 0 Å². The number of ether oxygens (including phenoxy) is 2. The molecule has 172 valence electrons. The van der Waals surface area contributed by atoms with E-state index in [4.69, 9.17) is 21.1 Å². The topological polar surface area (TPSA) is 67.9 Å². The SMILES string of the molecule is COc1ccc(Cl)cc1C(=O)N1CCC(C(=O)NC(C)c2ccc(OC(C)C)cc2)CC1. The molecule has 2 aromatic carbocycles. The van der Waals surface area contributed by atoms with E-state index in [9.17, 15) is 9.59 Å². The van der Waals surface area contributed by atoms with Gasteiger partial charge in [0, 0.05) is 24.0 Å². The summed E-state index contributed by atoms with van der Waals surface area (Å²) in [7, 11) is 1.53. The summed E-state index contributed by atoms with van der Waals surface area (Å²) >= 11 is 6.06. The van der Waals surface area contributed by atoms with Gasteiger partial charge in [0.15, 0.2) is 0 Å². The summed E-state index contributed by atoms with van der Waals surface area (Å²) in [5.74, 6) is 1.09. The normalized spacial score (nSPS) is 15.4. The van der Waals surface area contributed by atoms with Gasteiger partial charge in [-0.1, -0.05) is 23.7 Å². The van der Waals surface area contributed by atoms with E-state index in [1.54, 1.807) is 23.1 Å². The molecule has 32 heavy (non-hydrogen) atoms. The smallest absolute Gasteiger partial charge is 0.257 e. The Kier molecular flexibility index (Phi) is 8.02. The lowest BCUT2D eigenvalue weighted by molar-refractivity contribution is -0.127. The molecule has 1 aliphatic heterocycles. The number of nitrogens with zero attached hydrogens (tertiary/aromatic N) is 1. The average molecular weight is 459 g/mol. The quantitative estimate of drug-likeness (QED) is 0.643. The minimum absolute atomic E-state index is 0.0208. The van der Waals surface area contributed by atoms with Gasteiger partial charge in [-0.15, -0.1) is 0 Å². The van der Waals surface area contributed by atoms with Crippen LogP contribution in [0, 0.1) is 5.92 Å². The van der Waals surface area contributed by atoms with E-state index >= 15 is 0 Å². The van der Waals surface area contributed by atoms with Crippen LogP contribution in [0.5, 0.6) is 11.5 Å². The zero-order chi connectivity index (χ0) is 23.3. The molecular formula is C25H31ClN2O4. The van der Waals surface area contributed by atoms with Gasteiger partial charge in [-0.2, -0.15) is 0 Å². The third-order valence-corrected chi connectivity index (χ3v) is 5.89. The predicted octanol–water partition coefficient (Wildman–Crippen LogP) is 4.87. The molecule has 1 atom stereocenters. The molecule has 0 aliphatic carbocycles. The highest BCUT2D eigenvalue weighted by Crippen LogP contribution is 2.27. The lowest BCUT2D eigenvalue weighted by Gasteiger charge is -2.32. The first kappa shape index (κ1) is 23.9. The minimum Gasteiger partial charge on any atom is -0.496 e. The highest BCUT2D eigenvalue weighted by Gasteiger charge is 2.29. The van der Waals surface area contributed by atoms with Crippen molar-refractivity contribution >= 4 is 23.4 Å². The number of hydrogen-bond donors (Lipinski definition) is 1. The molecule has 0 spiro atoms. The van der Waals surface area contributed by atoms with Crippen molar-refractivity contribution in [2.75, 3.05) is 20.2 Å². The number of methoxy groups -OCH3 is 1. The monoisotopic (exact) mass is 458 g/mol. The molecule has 1 aliphatic rings. The number of likely N-dealkylation sites (tertiary alicyclic amines) is 1. The van der Waals surface area contributed by atoms with Crippen molar-refractivity contribution in [3.63, 3.8) is 0 Å². The minimum atomic E-state index is -0.125. The second kappa shape index (κ2) is 10.7. The van der Waals surface area contributed by atoms with Crippen LogP contribution in [0.1, 0.15) is 55.6 Å². The summed E-state index contributed by atoms with van der Waals surface area (Å²) in [4.78, 5) is 27.5. The zero-order valence-corrected chi connectivity index (χ0v) is 19.8. The number of carbonyl (C=O) groups is 2. The average Bonchev–Trinajstić information content (AvgIpc) is 2.78. The second-order valence-electron chi connectivity index (χ2n) is 8.38. The number of benzene rings is 2. The number of carbonyl (C=O) groups excluding carboxylic acids is 2. The molecule has 1 unspecified atom stereocenters. The third-order valence-electron chi connectivity index (χ3n) is 5.66. The molecular weight excluding hydrogens is 428 g/mol. The number of rotatable bonds is 7. The van der Waals surface area contributed by atoms with Crippen molar-refractivity contribution in [2.24, 2.45) is 5.92 Å². The van der Waals surface area contributed by atoms with Gasteiger partial charge in [0.1, 0.15) is 11.5 Å². The van der Waals surface area contributed by atoms with Crippen molar-refractivity contribution in [2.45, 2.75) is 45.8 Å². The first-order valence-electron chi connectivity index (χ1n) is 11.0. The summed E-state index contributed by atoms with van der Waals surface area (Å²) < 4.78 is 11.0. The summed E-state index contributed by atoms with van der Waals surface area (Å²) in [6, 6.07) is 12.7. The van der Waals surface area contributed by atoms with Crippen molar-refractivity contribution < 1.29 is 19.1 Å². The molecule has 7 heteroatoms. The lowest BCUT2D eigenvalue weighted by atomic mass is 9.94. The van der Waals surface area contributed by atoms with Crippen molar-refractivity contribution in [3.8, 4) is 11.5 Å². The van der Waals surface area contributed by atoms with E-state index in [1.165, 1.54) is 7.11 Å². The number of nitrogens with one attached hydrogen (secondary N) is 1. The van der Waals surface area contributed by atoms with Crippen molar-refractivity contribution in [3.05, 3.63) is 58.6 Å². The van der Waals surface area contributed by atoms with E-state index in [0.717, 1.165) is 11.3 Å². The largest absolute Gasteiger partial charge is 0.496 e. The van der Waals surface area contributed by atoms with Crippen LogP contribution in [0.4, 0.5) is 0 Å². The van der Waals surface area contributed by atoms with Gasteiger partial charge in [0.05, 0.1) is 24.8 Å². The van der Waals surface area contributed by atoms with Gasteiger partial charge in [0.25, 0.3) is 5.91 Å². The van der Waals surface area contributed by atoms with Crippen LogP contribution in [-0.4, -0.2) is 43.0 Å². The van der Waals surface area contributed by atoms with Crippen LogP contribution in [0.15, 0.2) is 42.5 Å². The summed E-state index contributed by atoms with van der Waals surface area (Å²) in [6.45, 7) is 6.98. The van der Waals surface area contributed by atoms with Gasteiger partial charge in [-0.3, -0.25) is 9.59 Å². The maximum absolute atomic E-state index is 12.9. The Morgan fingerprint density at radius 2 is 1.72 bits per heavy atom. The molecule has 2 aromatic rings. The van der Waals surface area contributed by atoms with Crippen LogP contribution in [0.3, 0.4) is 0 Å². The number of amides is 2. The number of hydrogen-bond acceptors (Lipinski definition) is 4. The maximum atomic E-state index is 12.9. The molecule has 1 heterocycles. The summed E-state index contributed by atoms with van der Waals surface area (Å²) in [6.07, 6.45) is 1.36. The second-order valence-corrected chi connectivity index (χ2v) is 8.81. The van der Waals surface area contributed by atoms with E-state index in [2.05, 4.69) is 5.32 Å². The summed E-state index contributed by atoms with van der Waals surface area (Å²) in [5, 5.41) is 3.59. The molecule has 1 N–H and O–H groups in total. The molecule has 3 rings (SSSR count). The predicted molar refractivity (Wildman–Crippen MR) is 125 cm³/mol. The highest BCUT2D eigenvalue weighted by molar-refractivity contribution is 6.31. The third kappa shape index (κ3) is 5.94. The summed E-state index contributed by atoms with van der Waals surface area (Å²) in [5.41, 5.74) is 1.47. The molecule has 0 saturated carbocycles. The molecule has 2 amide bonds. The maximum Gasteiger partial charge on any atom is 0.257 e. The molecule has 0 radical (unpaired) electrons. The van der Waals surface area contributed by atoms with Crippen LogP contribution in [0.2, 0.25) is 5.02 Å². The van der Waals surface area contributed by atoms with Crippen molar-refractivity contribution in [1.82, 2.24) is 10.2 Å². The number of halogens is 1. The molecule has 0 aromatic heterocycles. The van der Waals surface area contributed by atoms with E-state index in [-0.39, 0.29) is 29.9 Å². The first-order chi connectivity index (χ1) is 15.3. The fourth-order valence-electron chi connectivity index (χ4n) is 3.88. The molecule has 6 nitrogen and oxygen atoms in total. The fraction of sp³-hybridized carbons (Fsp3) is 0.440. The van der Waals surface area contributed by atoms with Gasteiger partial charge in [0.2, 0.25) is 5.91 Å². The van der Waals surface area contributed by atoms with Crippen LogP contribution < -0.4 is 14.8 Å². The Morgan fingerprint density at radius 3 is 2.31 bits per heavy atom. The standard InChI is InChI=1S/C25H31ClN2O4/c1-16(2)32-21-8-5-18(6-9-21)17(3)27-24(29)19-11-13-28(14-12-19)25(30)22-15-20(26)7-10-23(22)31-4/h5-10,15-17,19H,11-14H2,1-4H3,(H,27,29). The molecule has 1 saturated heterocycles. The van der Waals surface area contributed by atoms with Gasteiger partial charge < -0.3 is 19.7 Å². The van der Waals surface area contributed by atoms with Crippen molar-refractivity contribution in [1.29, 1.82) is 0 Å². The highest BCUT2D eigenvalue weighted by atomic mass is 35.5. The van der Waals surface area contributed by atoms with Crippen LogP contribution in [0.25, 0.3) is 0 Å². The number of piperidine rings is 1. The Hall–Kier alpha value is -2.73. The Balaban J connectivity index is 1.54. The van der Waals surface area contributed by atoms with E-state index in [0.29, 0.717) is 42.3 Å². The van der Waals surface area contributed by atoms with Gasteiger partial charge in [-0.25, -0.2) is 0 Å².